The summed E-state index contributed by atoms with van der Waals surface area (Å²) in [7, 11) is -4.18. The van der Waals surface area contributed by atoms with E-state index in [0.29, 0.717) is 0 Å². The van der Waals surface area contributed by atoms with Crippen LogP contribution in [0, 0.1) is 0 Å². The lowest BCUT2D eigenvalue weighted by Gasteiger charge is -2.54. The number of nitrogens with zero attached hydrogens (tertiary/aromatic N) is 2. The van der Waals surface area contributed by atoms with Crippen LogP contribution in [0.1, 0.15) is 0 Å². The van der Waals surface area contributed by atoms with Gasteiger partial charge >= 0.3 is 6.83 Å². The van der Waals surface area contributed by atoms with Crippen LogP contribution in [0.2, 0.25) is 58.9 Å². The molecule has 0 aromatic heterocycles. The standard InChI is InChI=1S/C9H27BClN2Si3/c1-14(2,3)12(10-11)13(15(4,5)6)16(7,8)9/h1-9H3. The van der Waals surface area contributed by atoms with Crippen molar-refractivity contribution >= 4 is 43.0 Å². The maximum atomic E-state index is 6.10. The lowest BCUT2D eigenvalue weighted by atomic mass is 10.5. The summed E-state index contributed by atoms with van der Waals surface area (Å²) in [4.78, 5) is 0. The normalized spacial score (nSPS) is 14.8. The summed E-state index contributed by atoms with van der Waals surface area (Å²) in [6.07, 6.45) is 0. The van der Waals surface area contributed by atoms with E-state index in [2.05, 4.69) is 67.8 Å². The van der Waals surface area contributed by atoms with Crippen LogP contribution in [-0.2, 0) is 0 Å². The first kappa shape index (κ1) is 16.9. The zero-order valence-corrected chi connectivity index (χ0v) is 16.1. The number of hydrazine groups is 1. The molecular formula is C9H27BClN2Si3. The number of halogens is 1. The Balaban J connectivity index is 5.35. The molecule has 1 radical (unpaired) electrons. The van der Waals surface area contributed by atoms with Crippen molar-refractivity contribution in [3.05, 3.63) is 0 Å². The highest BCUT2D eigenvalue weighted by atomic mass is 35.5. The molecule has 0 aliphatic carbocycles. The summed E-state index contributed by atoms with van der Waals surface area (Å²) < 4.78 is 5.05. The molecule has 0 amide bonds. The van der Waals surface area contributed by atoms with E-state index >= 15 is 0 Å². The van der Waals surface area contributed by atoms with E-state index in [1.54, 1.807) is 6.83 Å². The maximum absolute atomic E-state index is 6.10. The van der Waals surface area contributed by atoms with Crippen LogP contribution in [0.4, 0.5) is 0 Å². The molecule has 0 atom stereocenters. The summed E-state index contributed by atoms with van der Waals surface area (Å²) in [6.45, 7) is 23.2. The molecule has 0 unspecified atom stereocenters. The van der Waals surface area contributed by atoms with Crippen molar-refractivity contribution < 1.29 is 0 Å². The molecule has 7 heteroatoms. The van der Waals surface area contributed by atoms with Crippen LogP contribution >= 0.6 is 11.5 Å². The predicted octanol–water partition coefficient (Wildman–Crippen LogP) is 3.78. The molecule has 0 fully saturated rings. The number of hydrogen-bond donors (Lipinski definition) is 0. The van der Waals surface area contributed by atoms with Crippen molar-refractivity contribution in [2.75, 3.05) is 0 Å². The molecule has 0 aromatic carbocycles. The van der Waals surface area contributed by atoms with Gasteiger partial charge in [0.1, 0.15) is 24.7 Å². The topological polar surface area (TPSA) is 6.48 Å². The molecule has 0 saturated heterocycles. The first-order valence-electron chi connectivity index (χ1n) is 5.85. The Labute approximate surface area is 111 Å². The molecule has 0 rings (SSSR count). The summed E-state index contributed by atoms with van der Waals surface area (Å²) in [5.74, 6) is 0. The van der Waals surface area contributed by atoms with Crippen molar-refractivity contribution in [1.82, 2.24) is 8.93 Å². The fourth-order valence-electron chi connectivity index (χ4n) is 2.14. The Morgan fingerprint density at radius 1 is 0.688 bits per heavy atom. The van der Waals surface area contributed by atoms with Crippen molar-refractivity contribution in [3.8, 4) is 0 Å². The van der Waals surface area contributed by atoms with Gasteiger partial charge in [-0.15, -0.1) is 0 Å². The molecule has 0 aromatic rings. The minimum Gasteiger partial charge on any atom is -0.302 e. The molecule has 2 nitrogen and oxygen atoms in total. The highest BCUT2D eigenvalue weighted by molar-refractivity contribution is 7.01. The fourth-order valence-corrected chi connectivity index (χ4v) is 17.2. The van der Waals surface area contributed by atoms with Crippen LogP contribution in [0.5, 0.6) is 0 Å². The second kappa shape index (κ2) is 5.28. The van der Waals surface area contributed by atoms with E-state index in [0.717, 1.165) is 0 Å². The molecule has 0 aliphatic rings. The first-order valence-corrected chi connectivity index (χ1v) is 16.6. The Hall–Kier alpha value is 0.926. The first-order chi connectivity index (χ1) is 6.81. The predicted molar refractivity (Wildman–Crippen MR) is 85.3 cm³/mol. The van der Waals surface area contributed by atoms with Gasteiger partial charge in [0.15, 0.2) is 0 Å². The van der Waals surface area contributed by atoms with Crippen LogP contribution in [-0.4, -0.2) is 40.5 Å². The van der Waals surface area contributed by atoms with Crippen LogP contribution in [0.25, 0.3) is 0 Å². The molecule has 0 aliphatic heterocycles. The van der Waals surface area contributed by atoms with Crippen LogP contribution in [0.15, 0.2) is 0 Å². The van der Waals surface area contributed by atoms with Crippen LogP contribution < -0.4 is 0 Å². The van der Waals surface area contributed by atoms with Gasteiger partial charge in [-0.05, 0) is 0 Å². The Morgan fingerprint density at radius 2 is 1.00 bits per heavy atom. The third-order valence-electron chi connectivity index (χ3n) is 2.27. The van der Waals surface area contributed by atoms with E-state index < -0.39 is 24.7 Å². The SMILES string of the molecule is C[Si](C)(C)N([B]Cl)N([Si](C)(C)C)[Si](C)(C)C. The van der Waals surface area contributed by atoms with E-state index in [4.69, 9.17) is 11.5 Å². The van der Waals surface area contributed by atoms with Gasteiger partial charge in [0, 0.05) is 0 Å². The second-order valence-electron chi connectivity index (χ2n) is 7.27. The van der Waals surface area contributed by atoms with E-state index in [1.807, 2.05) is 0 Å². The molecule has 0 bridgehead atoms. The van der Waals surface area contributed by atoms with Gasteiger partial charge in [-0.1, -0.05) is 58.9 Å². The van der Waals surface area contributed by atoms with Gasteiger partial charge in [0.25, 0.3) is 0 Å². The fraction of sp³-hybridized carbons (Fsp3) is 1.00. The quantitative estimate of drug-likeness (QED) is 0.562. The largest absolute Gasteiger partial charge is 0.341 e. The Morgan fingerprint density at radius 3 is 1.06 bits per heavy atom. The van der Waals surface area contributed by atoms with Crippen molar-refractivity contribution in [1.29, 1.82) is 0 Å². The summed E-state index contributed by atoms with van der Waals surface area (Å²) in [6, 6.07) is 0. The van der Waals surface area contributed by atoms with Crippen molar-refractivity contribution in [2.45, 2.75) is 58.9 Å². The average molecular weight is 294 g/mol. The van der Waals surface area contributed by atoms with E-state index in [-0.39, 0.29) is 0 Å². The minimum atomic E-state index is -1.43. The van der Waals surface area contributed by atoms with E-state index in [1.165, 1.54) is 0 Å². The number of rotatable bonds is 5. The van der Waals surface area contributed by atoms with Gasteiger partial charge in [-0.3, -0.25) is 4.34 Å². The van der Waals surface area contributed by atoms with Crippen LogP contribution in [0.3, 0.4) is 0 Å². The number of hydrogen-bond acceptors (Lipinski definition) is 2. The van der Waals surface area contributed by atoms with Gasteiger partial charge in [0.2, 0.25) is 0 Å². The monoisotopic (exact) mass is 293 g/mol. The second-order valence-corrected chi connectivity index (χ2v) is 22.2. The third-order valence-corrected chi connectivity index (χ3v) is 11.7. The highest BCUT2D eigenvalue weighted by Gasteiger charge is 2.42. The molecule has 0 saturated carbocycles. The zero-order valence-electron chi connectivity index (χ0n) is 12.3. The lowest BCUT2D eigenvalue weighted by molar-refractivity contribution is 0.376. The average Bonchev–Trinajstić information content (AvgIpc) is 1.91. The van der Waals surface area contributed by atoms with Gasteiger partial charge in [-0.2, -0.15) is 11.5 Å². The van der Waals surface area contributed by atoms with E-state index in [9.17, 15) is 0 Å². The Bertz CT molecular complexity index is 218. The van der Waals surface area contributed by atoms with Crippen molar-refractivity contribution in [2.24, 2.45) is 0 Å². The molecular weight excluding hydrogens is 267 g/mol. The molecule has 16 heavy (non-hydrogen) atoms. The minimum absolute atomic E-state index is 1.38. The van der Waals surface area contributed by atoms with Gasteiger partial charge in [-0.25, -0.2) is 0 Å². The molecule has 0 spiro atoms. The van der Waals surface area contributed by atoms with Crippen molar-refractivity contribution in [3.63, 3.8) is 0 Å². The van der Waals surface area contributed by atoms with Gasteiger partial charge < -0.3 is 4.59 Å². The summed E-state index contributed by atoms with van der Waals surface area (Å²) in [5.41, 5.74) is 0. The lowest BCUT2D eigenvalue weighted by Crippen LogP contribution is -2.71. The smallest absolute Gasteiger partial charge is 0.302 e. The van der Waals surface area contributed by atoms with Gasteiger partial charge in [0.05, 0.1) is 0 Å². The Kier molecular flexibility index (Phi) is 5.58. The maximum Gasteiger partial charge on any atom is 0.341 e. The molecule has 0 heterocycles. The molecule has 0 N–H and O–H groups in total. The molecule has 95 valence electrons. The summed E-state index contributed by atoms with van der Waals surface area (Å²) >= 11 is 6.10. The zero-order chi connectivity index (χ0) is 13.4. The summed E-state index contributed by atoms with van der Waals surface area (Å²) in [5, 5.41) is 0. The third kappa shape index (κ3) is 4.66. The highest BCUT2D eigenvalue weighted by Crippen LogP contribution is 2.26.